The molecule has 0 aliphatic rings. The molecule has 106 valence electrons. The van der Waals surface area contributed by atoms with E-state index in [2.05, 4.69) is 5.10 Å². The molecule has 0 N–H and O–H groups in total. The van der Waals surface area contributed by atoms with Gasteiger partial charge in [-0.1, -0.05) is 17.7 Å². The van der Waals surface area contributed by atoms with Crippen molar-refractivity contribution in [3.8, 4) is 0 Å². The van der Waals surface area contributed by atoms with Gasteiger partial charge in [-0.3, -0.25) is 9.69 Å². The molecule has 2 aromatic rings. The lowest BCUT2D eigenvalue weighted by Crippen LogP contribution is -2.36. The molecule has 2 rings (SSSR count). The van der Waals surface area contributed by atoms with Crippen LogP contribution in [-0.2, 0) is 4.79 Å². The molecule has 0 aliphatic heterocycles. The van der Waals surface area contributed by atoms with Gasteiger partial charge in [0.2, 0.25) is 5.91 Å². The summed E-state index contributed by atoms with van der Waals surface area (Å²) < 4.78 is 1.75. The second kappa shape index (κ2) is 5.67. The Morgan fingerprint density at radius 3 is 2.65 bits per heavy atom. The summed E-state index contributed by atoms with van der Waals surface area (Å²) in [6.07, 6.45) is 3.33. The van der Waals surface area contributed by atoms with Gasteiger partial charge >= 0.3 is 0 Å². The minimum atomic E-state index is -0.210. The van der Waals surface area contributed by atoms with Crippen molar-refractivity contribution in [2.45, 2.75) is 33.9 Å². The Morgan fingerprint density at radius 2 is 2.10 bits per heavy atom. The summed E-state index contributed by atoms with van der Waals surface area (Å²) in [4.78, 5) is 13.9. The number of amides is 1. The summed E-state index contributed by atoms with van der Waals surface area (Å²) in [6.45, 7) is 7.40. The van der Waals surface area contributed by atoms with Crippen LogP contribution in [-0.4, -0.2) is 15.7 Å². The minimum Gasteiger partial charge on any atom is -0.290 e. The Morgan fingerprint density at radius 1 is 1.40 bits per heavy atom. The van der Waals surface area contributed by atoms with E-state index in [9.17, 15) is 4.79 Å². The number of anilines is 1. The monoisotopic (exact) mass is 291 g/mol. The third-order valence-corrected chi connectivity index (χ3v) is 3.84. The minimum absolute atomic E-state index is 0.0403. The standard InChI is InChI=1S/C15H18ClN3O/c1-10-6-7-14(16)11(2)15(10)19(13(4)20)12(3)18-9-5-8-17-18/h5-9,12H,1-4H3. The number of aromatic nitrogens is 2. The van der Waals surface area contributed by atoms with Crippen LogP contribution in [0.3, 0.4) is 0 Å². The van der Waals surface area contributed by atoms with Gasteiger partial charge in [0.15, 0.2) is 0 Å². The molecule has 0 fully saturated rings. The largest absolute Gasteiger partial charge is 0.290 e. The molecule has 20 heavy (non-hydrogen) atoms. The summed E-state index contributed by atoms with van der Waals surface area (Å²) in [6, 6.07) is 5.62. The Balaban J connectivity index is 2.55. The quantitative estimate of drug-likeness (QED) is 0.864. The van der Waals surface area contributed by atoms with Crippen LogP contribution in [0, 0.1) is 13.8 Å². The SMILES string of the molecule is CC(=O)N(c1c(C)ccc(Cl)c1C)C(C)n1cccn1. The Hall–Kier alpha value is -1.81. The first-order chi connectivity index (χ1) is 9.43. The first kappa shape index (κ1) is 14.6. The first-order valence-corrected chi connectivity index (χ1v) is 6.86. The summed E-state index contributed by atoms with van der Waals surface area (Å²) in [5, 5.41) is 4.87. The molecule has 0 radical (unpaired) electrons. The number of nitrogens with zero attached hydrogens (tertiary/aromatic N) is 3. The molecule has 4 nitrogen and oxygen atoms in total. The van der Waals surface area contributed by atoms with E-state index >= 15 is 0 Å². The van der Waals surface area contributed by atoms with Gasteiger partial charge in [-0.15, -0.1) is 0 Å². The van der Waals surface area contributed by atoms with Crippen molar-refractivity contribution >= 4 is 23.2 Å². The van der Waals surface area contributed by atoms with Crippen LogP contribution in [0.5, 0.6) is 0 Å². The van der Waals surface area contributed by atoms with E-state index in [1.807, 2.05) is 45.2 Å². The maximum atomic E-state index is 12.1. The van der Waals surface area contributed by atoms with Crippen LogP contribution in [0.2, 0.25) is 5.02 Å². The van der Waals surface area contributed by atoms with Gasteiger partial charge in [-0.05, 0) is 44.0 Å². The van der Waals surface area contributed by atoms with Crippen LogP contribution in [0.15, 0.2) is 30.6 Å². The highest BCUT2D eigenvalue weighted by Gasteiger charge is 2.24. The molecule has 0 bridgehead atoms. The highest BCUT2D eigenvalue weighted by Crippen LogP contribution is 2.33. The highest BCUT2D eigenvalue weighted by atomic mass is 35.5. The van der Waals surface area contributed by atoms with E-state index in [0.29, 0.717) is 5.02 Å². The zero-order valence-corrected chi connectivity index (χ0v) is 12.8. The third-order valence-electron chi connectivity index (χ3n) is 3.43. The average molecular weight is 292 g/mol. The van der Waals surface area contributed by atoms with Crippen LogP contribution >= 0.6 is 11.6 Å². The Bertz CT molecular complexity index is 622. The lowest BCUT2D eigenvalue weighted by molar-refractivity contribution is -0.117. The summed E-state index contributed by atoms with van der Waals surface area (Å²) in [5.41, 5.74) is 2.77. The van der Waals surface area contributed by atoms with Crippen molar-refractivity contribution in [2.24, 2.45) is 0 Å². The molecule has 0 spiro atoms. The second-order valence-electron chi connectivity index (χ2n) is 4.84. The Labute approximate surface area is 124 Å². The topological polar surface area (TPSA) is 38.1 Å². The van der Waals surface area contributed by atoms with E-state index in [1.54, 1.807) is 22.7 Å². The number of benzene rings is 1. The van der Waals surface area contributed by atoms with Crippen LogP contribution in [0.25, 0.3) is 0 Å². The molecule has 1 amide bonds. The molecule has 0 aliphatic carbocycles. The third kappa shape index (κ3) is 2.56. The maximum absolute atomic E-state index is 12.1. The van der Waals surface area contributed by atoms with Crippen molar-refractivity contribution in [1.29, 1.82) is 0 Å². The molecule has 1 aromatic carbocycles. The van der Waals surface area contributed by atoms with Gasteiger partial charge in [0.05, 0.1) is 5.69 Å². The smallest absolute Gasteiger partial charge is 0.225 e. The molecule has 1 aromatic heterocycles. The summed E-state index contributed by atoms with van der Waals surface area (Å²) in [5.74, 6) is -0.0403. The number of carbonyl (C=O) groups is 1. The fourth-order valence-corrected chi connectivity index (χ4v) is 2.56. The molecular weight excluding hydrogens is 274 g/mol. The van der Waals surface area contributed by atoms with Crippen molar-refractivity contribution in [3.05, 3.63) is 46.7 Å². The fraction of sp³-hybridized carbons (Fsp3) is 0.333. The predicted octanol–water partition coefficient (Wildman–Crippen LogP) is 3.72. The van der Waals surface area contributed by atoms with E-state index < -0.39 is 0 Å². The summed E-state index contributed by atoms with van der Waals surface area (Å²) >= 11 is 6.20. The van der Waals surface area contributed by atoms with Crippen LogP contribution in [0.1, 0.15) is 31.1 Å². The molecule has 0 saturated carbocycles. The number of rotatable bonds is 3. The molecule has 0 saturated heterocycles. The van der Waals surface area contributed by atoms with Crippen molar-refractivity contribution in [1.82, 2.24) is 9.78 Å². The van der Waals surface area contributed by atoms with Crippen molar-refractivity contribution in [3.63, 3.8) is 0 Å². The zero-order chi connectivity index (χ0) is 14.9. The molecular formula is C15H18ClN3O. The van der Waals surface area contributed by atoms with Crippen molar-refractivity contribution in [2.75, 3.05) is 4.90 Å². The lowest BCUT2D eigenvalue weighted by atomic mass is 10.1. The number of aryl methyl sites for hydroxylation is 1. The van der Waals surface area contributed by atoms with Crippen molar-refractivity contribution < 1.29 is 4.79 Å². The van der Waals surface area contributed by atoms with Gasteiger partial charge < -0.3 is 0 Å². The molecule has 1 atom stereocenters. The first-order valence-electron chi connectivity index (χ1n) is 6.48. The number of carbonyl (C=O) groups excluding carboxylic acids is 1. The highest BCUT2D eigenvalue weighted by molar-refractivity contribution is 6.31. The maximum Gasteiger partial charge on any atom is 0.225 e. The van der Waals surface area contributed by atoms with Crippen LogP contribution in [0.4, 0.5) is 5.69 Å². The van der Waals surface area contributed by atoms with Gasteiger partial charge in [0.25, 0.3) is 0 Å². The number of hydrogen-bond donors (Lipinski definition) is 0. The fourth-order valence-electron chi connectivity index (χ4n) is 2.41. The zero-order valence-electron chi connectivity index (χ0n) is 12.1. The molecule has 1 heterocycles. The second-order valence-corrected chi connectivity index (χ2v) is 5.25. The van der Waals surface area contributed by atoms with Gasteiger partial charge in [-0.2, -0.15) is 5.10 Å². The summed E-state index contributed by atoms with van der Waals surface area (Å²) in [7, 11) is 0. The van der Waals surface area contributed by atoms with E-state index in [0.717, 1.165) is 16.8 Å². The van der Waals surface area contributed by atoms with Gasteiger partial charge in [0.1, 0.15) is 6.17 Å². The van der Waals surface area contributed by atoms with Crippen LogP contribution < -0.4 is 4.90 Å². The van der Waals surface area contributed by atoms with E-state index in [4.69, 9.17) is 11.6 Å². The average Bonchev–Trinajstić information content (AvgIpc) is 2.92. The lowest BCUT2D eigenvalue weighted by Gasteiger charge is -2.31. The molecule has 5 heteroatoms. The van der Waals surface area contributed by atoms with E-state index in [1.165, 1.54) is 0 Å². The Kier molecular flexibility index (Phi) is 4.14. The predicted molar refractivity (Wildman–Crippen MR) is 81.0 cm³/mol. The van der Waals surface area contributed by atoms with E-state index in [-0.39, 0.29) is 12.1 Å². The van der Waals surface area contributed by atoms with Gasteiger partial charge in [-0.25, -0.2) is 4.68 Å². The number of hydrogen-bond acceptors (Lipinski definition) is 2. The normalized spacial score (nSPS) is 12.2. The number of halogens is 1. The van der Waals surface area contributed by atoms with Gasteiger partial charge in [0, 0.05) is 24.3 Å². The molecule has 1 unspecified atom stereocenters.